The highest BCUT2D eigenvalue weighted by Gasteiger charge is 1.95. The fourth-order valence-electron chi connectivity index (χ4n) is 0.866. The van der Waals surface area contributed by atoms with E-state index in [1.165, 1.54) is 5.41 Å². The molecule has 0 bridgehead atoms. The van der Waals surface area contributed by atoms with E-state index in [4.69, 9.17) is 5.73 Å². The SMILES string of the molecule is N/C(=C\S)c1cccc(C=O)c1. The standard InChI is InChI=1S/C9H9NOS/c10-9(6-12)8-3-1-2-7(4-8)5-11/h1-6,12H,10H2/b9-6-. The van der Waals surface area contributed by atoms with Gasteiger partial charge in [-0.05, 0) is 17.0 Å². The van der Waals surface area contributed by atoms with Crippen LogP contribution in [-0.2, 0) is 0 Å². The molecule has 0 aliphatic rings. The van der Waals surface area contributed by atoms with Crippen molar-refractivity contribution in [1.29, 1.82) is 0 Å². The first-order valence-corrected chi connectivity index (χ1v) is 3.95. The van der Waals surface area contributed by atoms with Crippen molar-refractivity contribution in [2.75, 3.05) is 0 Å². The minimum absolute atomic E-state index is 0.557. The van der Waals surface area contributed by atoms with E-state index in [1.54, 1.807) is 18.2 Å². The molecule has 2 nitrogen and oxygen atoms in total. The zero-order valence-electron chi connectivity index (χ0n) is 6.40. The molecule has 2 N–H and O–H groups in total. The van der Waals surface area contributed by atoms with Gasteiger partial charge in [0.05, 0.1) is 0 Å². The average Bonchev–Trinajstić information content (AvgIpc) is 2.17. The quantitative estimate of drug-likeness (QED) is 0.536. The van der Waals surface area contributed by atoms with Gasteiger partial charge in [-0.25, -0.2) is 0 Å². The largest absolute Gasteiger partial charge is 0.398 e. The van der Waals surface area contributed by atoms with E-state index in [1.807, 2.05) is 6.07 Å². The third-order valence-electron chi connectivity index (χ3n) is 1.50. The Morgan fingerprint density at radius 1 is 1.50 bits per heavy atom. The molecule has 1 aromatic carbocycles. The van der Waals surface area contributed by atoms with Crippen LogP contribution < -0.4 is 5.73 Å². The molecule has 3 heteroatoms. The fraction of sp³-hybridized carbons (Fsp3) is 0. The smallest absolute Gasteiger partial charge is 0.150 e. The Hall–Kier alpha value is -1.22. The number of thiol groups is 1. The van der Waals surface area contributed by atoms with Crippen LogP contribution in [-0.4, -0.2) is 6.29 Å². The first kappa shape index (κ1) is 8.87. The van der Waals surface area contributed by atoms with Crippen LogP contribution in [0.4, 0.5) is 0 Å². The van der Waals surface area contributed by atoms with Crippen LogP contribution in [0.3, 0.4) is 0 Å². The van der Waals surface area contributed by atoms with Gasteiger partial charge >= 0.3 is 0 Å². The van der Waals surface area contributed by atoms with E-state index in [0.29, 0.717) is 11.3 Å². The molecule has 0 heterocycles. The van der Waals surface area contributed by atoms with Crippen LogP contribution in [0.2, 0.25) is 0 Å². The molecular formula is C9H9NOS. The Kier molecular flexibility index (Phi) is 2.94. The lowest BCUT2D eigenvalue weighted by Crippen LogP contribution is -1.95. The second kappa shape index (κ2) is 3.97. The van der Waals surface area contributed by atoms with Crippen molar-refractivity contribution >= 4 is 24.6 Å². The van der Waals surface area contributed by atoms with E-state index in [0.717, 1.165) is 11.8 Å². The van der Waals surface area contributed by atoms with Crippen LogP contribution in [0.1, 0.15) is 15.9 Å². The Labute approximate surface area is 76.5 Å². The molecule has 1 aromatic rings. The van der Waals surface area contributed by atoms with E-state index in [2.05, 4.69) is 12.6 Å². The lowest BCUT2D eigenvalue weighted by molar-refractivity contribution is 0.112. The predicted molar refractivity (Wildman–Crippen MR) is 53.0 cm³/mol. The number of benzene rings is 1. The van der Waals surface area contributed by atoms with E-state index in [9.17, 15) is 4.79 Å². The van der Waals surface area contributed by atoms with Crippen LogP contribution in [0.5, 0.6) is 0 Å². The van der Waals surface area contributed by atoms with Gasteiger partial charge in [0.1, 0.15) is 6.29 Å². The van der Waals surface area contributed by atoms with Crippen molar-refractivity contribution in [3.63, 3.8) is 0 Å². The zero-order valence-corrected chi connectivity index (χ0v) is 7.29. The maximum absolute atomic E-state index is 10.4. The number of aldehydes is 1. The molecule has 0 aromatic heterocycles. The number of hydrogen-bond acceptors (Lipinski definition) is 3. The molecule has 0 aliphatic heterocycles. The summed E-state index contributed by atoms with van der Waals surface area (Å²) in [6, 6.07) is 7.05. The van der Waals surface area contributed by atoms with Gasteiger partial charge in [-0.3, -0.25) is 4.79 Å². The highest BCUT2D eigenvalue weighted by Crippen LogP contribution is 2.10. The Morgan fingerprint density at radius 3 is 2.83 bits per heavy atom. The van der Waals surface area contributed by atoms with Crippen LogP contribution in [0.15, 0.2) is 29.7 Å². The third kappa shape index (κ3) is 1.89. The lowest BCUT2D eigenvalue weighted by atomic mass is 10.1. The summed E-state index contributed by atoms with van der Waals surface area (Å²) in [6.45, 7) is 0. The van der Waals surface area contributed by atoms with Crippen LogP contribution >= 0.6 is 12.6 Å². The second-order valence-electron chi connectivity index (χ2n) is 2.33. The summed E-state index contributed by atoms with van der Waals surface area (Å²) in [6.07, 6.45) is 0.787. The summed E-state index contributed by atoms with van der Waals surface area (Å²) in [5.74, 6) is 0. The molecule has 0 aliphatic carbocycles. The van der Waals surface area contributed by atoms with Crippen molar-refractivity contribution in [3.8, 4) is 0 Å². The topological polar surface area (TPSA) is 43.1 Å². The Morgan fingerprint density at radius 2 is 2.25 bits per heavy atom. The molecule has 0 saturated heterocycles. The molecule has 0 atom stereocenters. The first-order valence-electron chi connectivity index (χ1n) is 3.43. The highest BCUT2D eigenvalue weighted by atomic mass is 32.1. The van der Waals surface area contributed by atoms with Gasteiger partial charge in [0.2, 0.25) is 0 Å². The summed E-state index contributed by atoms with van der Waals surface area (Å²) >= 11 is 3.92. The maximum Gasteiger partial charge on any atom is 0.150 e. The molecule has 62 valence electrons. The minimum Gasteiger partial charge on any atom is -0.398 e. The number of hydrogen-bond donors (Lipinski definition) is 2. The van der Waals surface area contributed by atoms with Gasteiger partial charge in [0.15, 0.2) is 0 Å². The van der Waals surface area contributed by atoms with Crippen molar-refractivity contribution in [1.82, 2.24) is 0 Å². The number of carbonyl (C=O) groups excluding carboxylic acids is 1. The van der Waals surface area contributed by atoms with Crippen molar-refractivity contribution < 1.29 is 4.79 Å². The van der Waals surface area contributed by atoms with Crippen LogP contribution in [0.25, 0.3) is 5.70 Å². The van der Waals surface area contributed by atoms with Gasteiger partial charge in [-0.15, -0.1) is 12.6 Å². The molecular weight excluding hydrogens is 170 g/mol. The van der Waals surface area contributed by atoms with Gasteiger partial charge in [-0.2, -0.15) is 0 Å². The van der Waals surface area contributed by atoms with E-state index >= 15 is 0 Å². The van der Waals surface area contributed by atoms with Crippen LogP contribution in [0, 0.1) is 0 Å². The maximum atomic E-state index is 10.4. The molecule has 0 amide bonds. The van der Waals surface area contributed by atoms with Gasteiger partial charge < -0.3 is 5.73 Å². The summed E-state index contributed by atoms with van der Waals surface area (Å²) in [5, 5.41) is 1.50. The first-order chi connectivity index (χ1) is 5.77. The number of carbonyl (C=O) groups is 1. The fourth-order valence-corrected chi connectivity index (χ4v) is 1.02. The molecule has 0 radical (unpaired) electrons. The van der Waals surface area contributed by atoms with Gasteiger partial charge in [-0.1, -0.05) is 18.2 Å². The van der Waals surface area contributed by atoms with Crippen molar-refractivity contribution in [3.05, 3.63) is 40.8 Å². The van der Waals surface area contributed by atoms with Crippen molar-refractivity contribution in [2.24, 2.45) is 5.73 Å². The Bertz CT molecular complexity index is 320. The molecule has 0 unspecified atom stereocenters. The number of rotatable bonds is 2. The van der Waals surface area contributed by atoms with Crippen molar-refractivity contribution in [2.45, 2.75) is 0 Å². The zero-order chi connectivity index (χ0) is 8.97. The highest BCUT2D eigenvalue weighted by molar-refractivity contribution is 7.83. The summed E-state index contributed by atoms with van der Waals surface area (Å²) in [7, 11) is 0. The van der Waals surface area contributed by atoms with Gasteiger partial charge in [0, 0.05) is 11.3 Å². The lowest BCUT2D eigenvalue weighted by Gasteiger charge is -1.99. The minimum atomic E-state index is 0.557. The third-order valence-corrected chi connectivity index (χ3v) is 1.77. The molecule has 12 heavy (non-hydrogen) atoms. The molecule has 0 spiro atoms. The molecule has 0 saturated carbocycles. The summed E-state index contributed by atoms with van der Waals surface area (Å²) in [5.41, 5.74) is 7.57. The predicted octanol–water partition coefficient (Wildman–Crippen LogP) is 1.69. The summed E-state index contributed by atoms with van der Waals surface area (Å²) in [4.78, 5) is 10.4. The van der Waals surface area contributed by atoms with E-state index < -0.39 is 0 Å². The normalized spacial score (nSPS) is 11.2. The second-order valence-corrected chi connectivity index (χ2v) is 2.59. The van der Waals surface area contributed by atoms with E-state index in [-0.39, 0.29) is 0 Å². The average molecular weight is 179 g/mol. The summed E-state index contributed by atoms with van der Waals surface area (Å²) < 4.78 is 0. The Balaban J connectivity index is 3.10. The number of nitrogens with two attached hydrogens (primary N) is 1. The molecule has 1 rings (SSSR count). The molecule has 0 fully saturated rings. The van der Waals surface area contributed by atoms with Gasteiger partial charge in [0.25, 0.3) is 0 Å². The monoisotopic (exact) mass is 179 g/mol.